The highest BCUT2D eigenvalue weighted by molar-refractivity contribution is 5.24. The lowest BCUT2D eigenvalue weighted by molar-refractivity contribution is 0.0533. The molecule has 0 saturated carbocycles. The molecule has 0 radical (unpaired) electrons. The van der Waals surface area contributed by atoms with E-state index in [-0.39, 0.29) is 17.4 Å². The number of nitrogens with zero attached hydrogens (tertiary/aromatic N) is 1. The molecule has 1 aromatic rings. The van der Waals surface area contributed by atoms with Crippen LogP contribution in [0.25, 0.3) is 0 Å². The average molecular weight is 264 g/mol. The van der Waals surface area contributed by atoms with E-state index in [1.165, 1.54) is 25.3 Å². The van der Waals surface area contributed by atoms with Crippen molar-refractivity contribution in [1.82, 2.24) is 4.90 Å². The molecule has 0 aromatic heterocycles. The van der Waals surface area contributed by atoms with E-state index in [0.29, 0.717) is 5.56 Å². The predicted molar refractivity (Wildman–Crippen MR) is 77.4 cm³/mol. The Kier molecular flexibility index (Phi) is 4.58. The molecule has 1 saturated heterocycles. The van der Waals surface area contributed by atoms with Gasteiger partial charge in [0, 0.05) is 11.1 Å². The SMILES string of the molecule is CCC(C)(C(N)c1ccccc1F)N1CCCCC1. The molecule has 2 atom stereocenters. The van der Waals surface area contributed by atoms with Crippen molar-refractivity contribution in [3.8, 4) is 0 Å². The molecule has 0 aliphatic carbocycles. The van der Waals surface area contributed by atoms with Crippen molar-refractivity contribution >= 4 is 0 Å². The van der Waals surface area contributed by atoms with E-state index >= 15 is 0 Å². The van der Waals surface area contributed by atoms with Gasteiger partial charge in [0.05, 0.1) is 6.04 Å². The van der Waals surface area contributed by atoms with Gasteiger partial charge in [-0.05, 0) is 45.3 Å². The lowest BCUT2D eigenvalue weighted by atomic mass is 9.82. The first-order valence-corrected chi connectivity index (χ1v) is 7.34. The fourth-order valence-electron chi connectivity index (χ4n) is 3.11. The van der Waals surface area contributed by atoms with Crippen molar-refractivity contribution in [3.05, 3.63) is 35.6 Å². The number of piperidine rings is 1. The number of likely N-dealkylation sites (tertiary alicyclic amines) is 1. The van der Waals surface area contributed by atoms with Gasteiger partial charge in [-0.25, -0.2) is 4.39 Å². The number of benzene rings is 1. The zero-order valence-corrected chi connectivity index (χ0v) is 12.0. The second kappa shape index (κ2) is 6.02. The number of hydrogen-bond acceptors (Lipinski definition) is 2. The molecule has 0 bridgehead atoms. The second-order valence-corrected chi connectivity index (χ2v) is 5.76. The summed E-state index contributed by atoms with van der Waals surface area (Å²) in [7, 11) is 0. The van der Waals surface area contributed by atoms with Gasteiger partial charge in [-0.2, -0.15) is 0 Å². The number of nitrogens with two attached hydrogens (primary N) is 1. The summed E-state index contributed by atoms with van der Waals surface area (Å²) in [6, 6.07) is 6.62. The molecule has 2 unspecified atom stereocenters. The summed E-state index contributed by atoms with van der Waals surface area (Å²) in [6.45, 7) is 6.48. The molecular formula is C16H25FN2. The number of rotatable bonds is 4. The summed E-state index contributed by atoms with van der Waals surface area (Å²) in [4.78, 5) is 2.45. The van der Waals surface area contributed by atoms with Gasteiger partial charge in [-0.15, -0.1) is 0 Å². The topological polar surface area (TPSA) is 29.3 Å². The van der Waals surface area contributed by atoms with Crippen LogP contribution in [0, 0.1) is 5.82 Å². The zero-order valence-electron chi connectivity index (χ0n) is 12.0. The Morgan fingerprint density at radius 1 is 1.26 bits per heavy atom. The summed E-state index contributed by atoms with van der Waals surface area (Å²) in [5.74, 6) is -0.188. The van der Waals surface area contributed by atoms with Gasteiger partial charge < -0.3 is 5.73 Å². The summed E-state index contributed by atoms with van der Waals surface area (Å²) in [5.41, 5.74) is 6.91. The van der Waals surface area contributed by atoms with E-state index in [4.69, 9.17) is 5.73 Å². The Morgan fingerprint density at radius 3 is 2.47 bits per heavy atom. The minimum Gasteiger partial charge on any atom is -0.322 e. The third-order valence-corrected chi connectivity index (χ3v) is 4.70. The van der Waals surface area contributed by atoms with Crippen molar-refractivity contribution in [2.24, 2.45) is 5.73 Å². The second-order valence-electron chi connectivity index (χ2n) is 5.76. The van der Waals surface area contributed by atoms with Crippen LogP contribution in [0.4, 0.5) is 4.39 Å². The Hall–Kier alpha value is -0.930. The molecule has 1 aromatic carbocycles. The van der Waals surface area contributed by atoms with Crippen molar-refractivity contribution in [2.45, 2.75) is 51.1 Å². The number of halogens is 1. The van der Waals surface area contributed by atoms with Gasteiger partial charge in [0.25, 0.3) is 0 Å². The zero-order chi connectivity index (χ0) is 13.9. The normalized spacial score (nSPS) is 21.9. The summed E-state index contributed by atoms with van der Waals surface area (Å²) >= 11 is 0. The molecule has 19 heavy (non-hydrogen) atoms. The van der Waals surface area contributed by atoms with E-state index in [2.05, 4.69) is 18.7 Å². The monoisotopic (exact) mass is 264 g/mol. The molecule has 1 aliphatic rings. The molecule has 1 fully saturated rings. The molecule has 2 N–H and O–H groups in total. The standard InChI is InChI=1S/C16H25FN2/c1-3-16(2,19-11-7-4-8-12-19)15(18)13-9-5-6-10-14(13)17/h5-6,9-10,15H,3-4,7-8,11-12,18H2,1-2H3. The van der Waals surface area contributed by atoms with Crippen molar-refractivity contribution in [2.75, 3.05) is 13.1 Å². The minimum absolute atomic E-state index is 0.164. The maximum atomic E-state index is 14.0. The fourth-order valence-corrected chi connectivity index (χ4v) is 3.11. The van der Waals surface area contributed by atoms with Crippen molar-refractivity contribution in [3.63, 3.8) is 0 Å². The van der Waals surface area contributed by atoms with Crippen LogP contribution in [0.15, 0.2) is 24.3 Å². The Morgan fingerprint density at radius 2 is 1.89 bits per heavy atom. The maximum absolute atomic E-state index is 14.0. The third-order valence-electron chi connectivity index (χ3n) is 4.70. The Balaban J connectivity index is 2.27. The minimum atomic E-state index is -0.281. The molecule has 3 heteroatoms. The highest BCUT2D eigenvalue weighted by atomic mass is 19.1. The van der Waals surface area contributed by atoms with Gasteiger partial charge in [0.1, 0.15) is 5.82 Å². The van der Waals surface area contributed by atoms with Crippen LogP contribution < -0.4 is 5.73 Å². The molecule has 0 spiro atoms. The maximum Gasteiger partial charge on any atom is 0.128 e. The highest BCUT2D eigenvalue weighted by Gasteiger charge is 2.38. The molecule has 0 amide bonds. The van der Waals surface area contributed by atoms with Gasteiger partial charge >= 0.3 is 0 Å². The smallest absolute Gasteiger partial charge is 0.128 e. The van der Waals surface area contributed by atoms with Crippen LogP contribution in [0.2, 0.25) is 0 Å². The van der Waals surface area contributed by atoms with Crippen LogP contribution >= 0.6 is 0 Å². The molecular weight excluding hydrogens is 239 g/mol. The molecule has 1 aliphatic heterocycles. The van der Waals surface area contributed by atoms with Crippen LogP contribution in [0.1, 0.15) is 51.1 Å². The Labute approximate surface area is 115 Å². The molecule has 1 heterocycles. The third kappa shape index (κ3) is 2.82. The lowest BCUT2D eigenvalue weighted by Crippen LogP contribution is -2.54. The summed E-state index contributed by atoms with van der Waals surface area (Å²) < 4.78 is 14.0. The van der Waals surface area contributed by atoms with Gasteiger partial charge in [0.2, 0.25) is 0 Å². The van der Waals surface area contributed by atoms with Crippen LogP contribution in [0.3, 0.4) is 0 Å². The highest BCUT2D eigenvalue weighted by Crippen LogP contribution is 2.35. The van der Waals surface area contributed by atoms with Gasteiger partial charge in [-0.1, -0.05) is 31.5 Å². The molecule has 106 valence electrons. The first-order chi connectivity index (χ1) is 9.09. The largest absolute Gasteiger partial charge is 0.322 e. The van der Waals surface area contributed by atoms with Crippen LogP contribution in [0.5, 0.6) is 0 Å². The van der Waals surface area contributed by atoms with E-state index < -0.39 is 0 Å². The van der Waals surface area contributed by atoms with Crippen LogP contribution in [-0.4, -0.2) is 23.5 Å². The lowest BCUT2D eigenvalue weighted by Gasteiger charge is -2.47. The predicted octanol–water partition coefficient (Wildman–Crippen LogP) is 3.48. The summed E-state index contributed by atoms with van der Waals surface area (Å²) in [5, 5.41) is 0. The fraction of sp³-hybridized carbons (Fsp3) is 0.625. The molecule has 2 nitrogen and oxygen atoms in total. The summed E-state index contributed by atoms with van der Waals surface area (Å²) in [6.07, 6.45) is 4.67. The van der Waals surface area contributed by atoms with Crippen molar-refractivity contribution in [1.29, 1.82) is 0 Å². The van der Waals surface area contributed by atoms with E-state index in [1.807, 2.05) is 12.1 Å². The van der Waals surface area contributed by atoms with Crippen LogP contribution in [-0.2, 0) is 0 Å². The van der Waals surface area contributed by atoms with E-state index in [1.54, 1.807) is 6.07 Å². The van der Waals surface area contributed by atoms with Gasteiger partial charge in [0.15, 0.2) is 0 Å². The first kappa shape index (κ1) is 14.5. The average Bonchev–Trinajstić information content (AvgIpc) is 2.47. The molecule has 2 rings (SSSR count). The first-order valence-electron chi connectivity index (χ1n) is 7.34. The number of hydrogen-bond donors (Lipinski definition) is 1. The van der Waals surface area contributed by atoms with Gasteiger partial charge in [-0.3, -0.25) is 4.90 Å². The quantitative estimate of drug-likeness (QED) is 0.902. The Bertz CT molecular complexity index is 415. The van der Waals surface area contributed by atoms with E-state index in [0.717, 1.165) is 19.5 Å². The van der Waals surface area contributed by atoms with E-state index in [9.17, 15) is 4.39 Å². The van der Waals surface area contributed by atoms with Crippen molar-refractivity contribution < 1.29 is 4.39 Å².